The van der Waals surface area contributed by atoms with Crippen LogP contribution in [0, 0.1) is 0 Å². The first-order valence-corrected chi connectivity index (χ1v) is 10.1. The molecule has 0 radical (unpaired) electrons. The standard InChI is InChI=1S/C19H36N2.C2H4O2/c1-2-3-4-5-6-7-8-9-10-12-17-21-18-13-11-14-19(21)15-16-20;1-2(3)4/h11,13-14,18-19H,2-10,12,15-17,20H2,1H3;1H3,(H,3,4). The molecule has 4 heteroatoms. The maximum atomic E-state index is 9.00. The van der Waals surface area contributed by atoms with Gasteiger partial charge in [0.1, 0.15) is 0 Å². The van der Waals surface area contributed by atoms with Crippen LogP contribution in [-0.4, -0.2) is 35.1 Å². The summed E-state index contributed by atoms with van der Waals surface area (Å²) in [5.41, 5.74) is 5.69. The minimum absolute atomic E-state index is 0.526. The van der Waals surface area contributed by atoms with Gasteiger partial charge in [-0.05, 0) is 31.7 Å². The molecule has 1 unspecified atom stereocenters. The number of carboxylic acid groups (broad SMARTS) is 1. The Labute approximate surface area is 155 Å². The minimum Gasteiger partial charge on any atom is -0.481 e. The zero-order chi connectivity index (χ0) is 18.8. The van der Waals surface area contributed by atoms with Gasteiger partial charge in [0.15, 0.2) is 0 Å². The molecule has 25 heavy (non-hydrogen) atoms. The second-order valence-electron chi connectivity index (χ2n) is 6.81. The van der Waals surface area contributed by atoms with Gasteiger partial charge in [0.2, 0.25) is 0 Å². The Morgan fingerprint density at radius 2 is 1.52 bits per heavy atom. The Kier molecular flexibility index (Phi) is 16.6. The van der Waals surface area contributed by atoms with E-state index < -0.39 is 5.97 Å². The third-order valence-electron chi connectivity index (χ3n) is 4.38. The van der Waals surface area contributed by atoms with Gasteiger partial charge in [-0.25, -0.2) is 0 Å². The molecule has 0 aromatic rings. The molecule has 0 aromatic heterocycles. The van der Waals surface area contributed by atoms with Crippen molar-refractivity contribution in [2.24, 2.45) is 5.73 Å². The molecule has 4 nitrogen and oxygen atoms in total. The van der Waals surface area contributed by atoms with E-state index in [0.717, 1.165) is 19.9 Å². The topological polar surface area (TPSA) is 66.6 Å². The maximum Gasteiger partial charge on any atom is 0.300 e. The summed E-state index contributed by atoms with van der Waals surface area (Å²) in [7, 11) is 0. The molecular weight excluding hydrogens is 312 g/mol. The molecule has 1 aliphatic heterocycles. The minimum atomic E-state index is -0.833. The van der Waals surface area contributed by atoms with Crippen molar-refractivity contribution in [1.29, 1.82) is 0 Å². The summed E-state index contributed by atoms with van der Waals surface area (Å²) < 4.78 is 0. The van der Waals surface area contributed by atoms with Crippen molar-refractivity contribution in [2.75, 3.05) is 13.1 Å². The van der Waals surface area contributed by atoms with Crippen LogP contribution in [0.15, 0.2) is 24.4 Å². The lowest BCUT2D eigenvalue weighted by Gasteiger charge is -2.30. The molecule has 146 valence electrons. The zero-order valence-corrected chi connectivity index (χ0v) is 16.5. The smallest absolute Gasteiger partial charge is 0.300 e. The third-order valence-corrected chi connectivity index (χ3v) is 4.38. The van der Waals surface area contributed by atoms with Gasteiger partial charge in [0.25, 0.3) is 5.97 Å². The number of hydrogen-bond donors (Lipinski definition) is 2. The zero-order valence-electron chi connectivity index (χ0n) is 16.5. The number of aliphatic carboxylic acids is 1. The van der Waals surface area contributed by atoms with Crippen LogP contribution in [0.1, 0.15) is 84.5 Å². The molecule has 1 aliphatic rings. The van der Waals surface area contributed by atoms with Crippen LogP contribution in [0.2, 0.25) is 0 Å². The number of unbranched alkanes of at least 4 members (excludes halogenated alkanes) is 9. The summed E-state index contributed by atoms with van der Waals surface area (Å²) in [6.07, 6.45) is 23.9. The van der Waals surface area contributed by atoms with Crippen LogP contribution in [0.4, 0.5) is 0 Å². The summed E-state index contributed by atoms with van der Waals surface area (Å²) >= 11 is 0. The fourth-order valence-corrected chi connectivity index (χ4v) is 3.03. The maximum absolute atomic E-state index is 9.00. The van der Waals surface area contributed by atoms with Crippen molar-refractivity contribution in [3.05, 3.63) is 24.4 Å². The quantitative estimate of drug-likeness (QED) is 0.452. The van der Waals surface area contributed by atoms with Crippen LogP contribution in [0.5, 0.6) is 0 Å². The van der Waals surface area contributed by atoms with Crippen molar-refractivity contribution in [2.45, 2.75) is 90.5 Å². The van der Waals surface area contributed by atoms with Gasteiger partial charge >= 0.3 is 0 Å². The summed E-state index contributed by atoms with van der Waals surface area (Å²) in [5.74, 6) is -0.833. The third kappa shape index (κ3) is 16.0. The molecule has 3 N–H and O–H groups in total. The summed E-state index contributed by atoms with van der Waals surface area (Å²) in [6.45, 7) is 5.32. The van der Waals surface area contributed by atoms with Gasteiger partial charge in [0.05, 0.1) is 0 Å². The van der Waals surface area contributed by atoms with E-state index in [9.17, 15) is 0 Å². The van der Waals surface area contributed by atoms with E-state index in [0.29, 0.717) is 6.04 Å². The van der Waals surface area contributed by atoms with Gasteiger partial charge in [0, 0.05) is 19.5 Å². The molecule has 0 amide bonds. The Morgan fingerprint density at radius 1 is 1.00 bits per heavy atom. The highest BCUT2D eigenvalue weighted by molar-refractivity contribution is 5.62. The predicted octanol–water partition coefficient (Wildman–Crippen LogP) is 5.10. The molecule has 0 aliphatic carbocycles. The lowest BCUT2D eigenvalue weighted by atomic mass is 10.1. The van der Waals surface area contributed by atoms with Crippen LogP contribution < -0.4 is 5.73 Å². The van der Waals surface area contributed by atoms with Crippen LogP contribution in [0.3, 0.4) is 0 Å². The average Bonchev–Trinajstić information content (AvgIpc) is 2.58. The van der Waals surface area contributed by atoms with Gasteiger partial charge in [-0.3, -0.25) is 4.79 Å². The second-order valence-corrected chi connectivity index (χ2v) is 6.81. The highest BCUT2D eigenvalue weighted by atomic mass is 16.4. The number of rotatable bonds is 13. The van der Waals surface area contributed by atoms with E-state index in [-0.39, 0.29) is 0 Å². The van der Waals surface area contributed by atoms with E-state index in [2.05, 4.69) is 36.3 Å². The Bertz CT molecular complexity index is 363. The van der Waals surface area contributed by atoms with Crippen LogP contribution in [-0.2, 0) is 4.79 Å². The van der Waals surface area contributed by atoms with E-state index >= 15 is 0 Å². The van der Waals surface area contributed by atoms with Gasteiger partial charge in [-0.1, -0.05) is 76.9 Å². The predicted molar refractivity (Wildman–Crippen MR) is 108 cm³/mol. The number of hydrogen-bond acceptors (Lipinski definition) is 3. The van der Waals surface area contributed by atoms with Crippen molar-refractivity contribution in [1.82, 2.24) is 4.90 Å². The number of nitrogens with two attached hydrogens (primary N) is 1. The lowest BCUT2D eigenvalue weighted by Crippen LogP contribution is -2.33. The second kappa shape index (κ2) is 17.5. The number of carboxylic acids is 1. The molecule has 1 atom stereocenters. The molecule has 0 fully saturated rings. The number of allylic oxidation sites excluding steroid dienone is 2. The van der Waals surface area contributed by atoms with Crippen molar-refractivity contribution >= 4 is 5.97 Å². The molecule has 1 rings (SSSR count). The van der Waals surface area contributed by atoms with Crippen molar-refractivity contribution in [3.63, 3.8) is 0 Å². The highest BCUT2D eigenvalue weighted by Gasteiger charge is 2.12. The molecular formula is C21H40N2O2. The Morgan fingerprint density at radius 3 is 2.04 bits per heavy atom. The van der Waals surface area contributed by atoms with Gasteiger partial charge in [-0.15, -0.1) is 0 Å². The fourth-order valence-electron chi connectivity index (χ4n) is 3.03. The van der Waals surface area contributed by atoms with Crippen molar-refractivity contribution in [3.8, 4) is 0 Å². The molecule has 0 bridgehead atoms. The summed E-state index contributed by atoms with van der Waals surface area (Å²) in [5, 5.41) is 7.42. The first kappa shape index (κ1) is 23.7. The first-order valence-electron chi connectivity index (χ1n) is 10.1. The molecule has 0 aromatic carbocycles. The molecule has 0 saturated heterocycles. The van der Waals surface area contributed by atoms with Gasteiger partial charge in [-0.2, -0.15) is 0 Å². The van der Waals surface area contributed by atoms with E-state index in [1.54, 1.807) is 0 Å². The number of carbonyl (C=O) groups is 1. The summed E-state index contributed by atoms with van der Waals surface area (Å²) in [6, 6.07) is 0.526. The fraction of sp³-hybridized carbons (Fsp3) is 0.762. The first-order chi connectivity index (χ1) is 12.1. The number of nitrogens with zero attached hydrogens (tertiary/aromatic N) is 1. The van der Waals surface area contributed by atoms with Crippen LogP contribution in [0.25, 0.3) is 0 Å². The Hall–Kier alpha value is -1.29. The van der Waals surface area contributed by atoms with Crippen LogP contribution >= 0.6 is 0 Å². The molecule has 1 heterocycles. The summed E-state index contributed by atoms with van der Waals surface area (Å²) in [4.78, 5) is 11.5. The van der Waals surface area contributed by atoms with E-state index in [1.165, 1.54) is 70.8 Å². The van der Waals surface area contributed by atoms with Crippen molar-refractivity contribution < 1.29 is 9.90 Å². The molecule has 0 spiro atoms. The molecule has 0 saturated carbocycles. The Balaban J connectivity index is 0.00000129. The lowest BCUT2D eigenvalue weighted by molar-refractivity contribution is -0.134. The highest BCUT2D eigenvalue weighted by Crippen LogP contribution is 2.14. The SMILES string of the molecule is CC(=O)O.CCCCCCCCCCCCN1C=CC=CC1CCN. The van der Waals surface area contributed by atoms with E-state index in [1.807, 2.05) is 0 Å². The van der Waals surface area contributed by atoms with Gasteiger partial charge < -0.3 is 15.7 Å². The van der Waals surface area contributed by atoms with E-state index in [4.69, 9.17) is 15.6 Å². The largest absolute Gasteiger partial charge is 0.481 e. The normalized spacial score (nSPS) is 15.8. The average molecular weight is 353 g/mol. The monoisotopic (exact) mass is 352 g/mol.